The molecule has 0 unspecified atom stereocenters. The first-order valence-corrected chi connectivity index (χ1v) is 8.42. The molecule has 0 amide bonds. The molecular formula is C16H22BrN5. The third-order valence-electron chi connectivity index (χ3n) is 3.47. The average molecular weight is 364 g/mol. The van der Waals surface area contributed by atoms with Crippen molar-refractivity contribution >= 4 is 33.1 Å². The van der Waals surface area contributed by atoms with Crippen molar-refractivity contribution in [2.75, 3.05) is 5.73 Å². The molecular weight excluding hydrogens is 342 g/mol. The highest BCUT2D eigenvalue weighted by Crippen LogP contribution is 2.31. The zero-order valence-electron chi connectivity index (χ0n) is 13.1. The SMILES string of the molecule is CCCCCCn1nc(C)c(N=Nc2ccccc2Br)c1N. The van der Waals surface area contributed by atoms with Gasteiger partial charge in [0.15, 0.2) is 5.69 Å². The highest BCUT2D eigenvalue weighted by Gasteiger charge is 2.12. The lowest BCUT2D eigenvalue weighted by molar-refractivity contribution is 0.544. The van der Waals surface area contributed by atoms with E-state index in [1.165, 1.54) is 19.3 Å². The predicted molar refractivity (Wildman–Crippen MR) is 93.8 cm³/mol. The lowest BCUT2D eigenvalue weighted by Crippen LogP contribution is -2.04. The number of hydrogen-bond acceptors (Lipinski definition) is 4. The predicted octanol–water partition coefficient (Wildman–Crippen LogP) is 5.53. The minimum absolute atomic E-state index is 0.588. The van der Waals surface area contributed by atoms with Gasteiger partial charge in [-0.1, -0.05) is 38.3 Å². The van der Waals surface area contributed by atoms with E-state index in [1.807, 2.05) is 35.9 Å². The molecule has 22 heavy (non-hydrogen) atoms. The van der Waals surface area contributed by atoms with E-state index < -0.39 is 0 Å². The van der Waals surface area contributed by atoms with E-state index in [9.17, 15) is 0 Å². The highest BCUT2D eigenvalue weighted by atomic mass is 79.9. The first kappa shape index (κ1) is 16.7. The minimum atomic E-state index is 0.588. The molecule has 1 aromatic carbocycles. The average Bonchev–Trinajstić information content (AvgIpc) is 2.77. The van der Waals surface area contributed by atoms with Gasteiger partial charge in [-0.05, 0) is 41.4 Å². The molecule has 2 rings (SSSR count). The lowest BCUT2D eigenvalue weighted by Gasteiger charge is -2.03. The molecule has 0 fully saturated rings. The molecule has 118 valence electrons. The number of unbranched alkanes of at least 4 members (excludes halogenated alkanes) is 3. The van der Waals surface area contributed by atoms with E-state index in [1.54, 1.807) is 0 Å². The summed E-state index contributed by atoms with van der Waals surface area (Å²) in [5.74, 6) is 0.588. The summed E-state index contributed by atoms with van der Waals surface area (Å²) >= 11 is 3.46. The van der Waals surface area contributed by atoms with Crippen molar-refractivity contribution in [3.8, 4) is 0 Å². The largest absolute Gasteiger partial charge is 0.382 e. The van der Waals surface area contributed by atoms with Crippen LogP contribution in [-0.4, -0.2) is 9.78 Å². The van der Waals surface area contributed by atoms with Crippen LogP contribution in [0.15, 0.2) is 39.0 Å². The third kappa shape index (κ3) is 4.16. The Bertz CT molecular complexity index is 648. The second-order valence-corrected chi connectivity index (χ2v) is 6.11. The van der Waals surface area contributed by atoms with Gasteiger partial charge in [-0.2, -0.15) is 5.10 Å². The van der Waals surface area contributed by atoms with Gasteiger partial charge in [-0.15, -0.1) is 10.2 Å². The molecule has 6 heteroatoms. The summed E-state index contributed by atoms with van der Waals surface area (Å²) in [6.45, 7) is 4.94. The van der Waals surface area contributed by atoms with Crippen LogP contribution in [0.3, 0.4) is 0 Å². The van der Waals surface area contributed by atoms with Crippen LogP contribution in [0.25, 0.3) is 0 Å². The first-order valence-electron chi connectivity index (χ1n) is 7.62. The number of benzene rings is 1. The van der Waals surface area contributed by atoms with Gasteiger partial charge in [0, 0.05) is 11.0 Å². The fraction of sp³-hybridized carbons (Fsp3) is 0.438. The molecule has 1 aromatic heterocycles. The zero-order chi connectivity index (χ0) is 15.9. The zero-order valence-corrected chi connectivity index (χ0v) is 14.7. The van der Waals surface area contributed by atoms with E-state index in [0.29, 0.717) is 11.5 Å². The Morgan fingerprint density at radius 3 is 2.68 bits per heavy atom. The Morgan fingerprint density at radius 1 is 1.18 bits per heavy atom. The fourth-order valence-electron chi connectivity index (χ4n) is 2.21. The van der Waals surface area contributed by atoms with Gasteiger partial charge in [0.1, 0.15) is 5.82 Å². The molecule has 0 spiro atoms. The van der Waals surface area contributed by atoms with E-state index in [2.05, 4.69) is 38.2 Å². The second-order valence-electron chi connectivity index (χ2n) is 5.25. The van der Waals surface area contributed by atoms with Gasteiger partial charge >= 0.3 is 0 Å². The summed E-state index contributed by atoms with van der Waals surface area (Å²) in [5.41, 5.74) is 8.40. The normalized spacial score (nSPS) is 11.4. The Morgan fingerprint density at radius 2 is 1.95 bits per heavy atom. The number of aryl methyl sites for hydroxylation is 2. The minimum Gasteiger partial charge on any atom is -0.382 e. The Balaban J connectivity index is 2.11. The van der Waals surface area contributed by atoms with Crippen molar-refractivity contribution < 1.29 is 0 Å². The molecule has 0 aliphatic heterocycles. The maximum atomic E-state index is 6.16. The molecule has 0 saturated carbocycles. The third-order valence-corrected chi connectivity index (χ3v) is 4.14. The molecule has 5 nitrogen and oxygen atoms in total. The summed E-state index contributed by atoms with van der Waals surface area (Å²) in [7, 11) is 0. The standard InChI is InChI=1S/C16H22BrN5/c1-3-4-5-8-11-22-16(18)15(12(2)21-22)20-19-14-10-7-6-9-13(14)17/h6-7,9-10H,3-5,8,11,18H2,1-2H3. The summed E-state index contributed by atoms with van der Waals surface area (Å²) in [6, 6.07) is 7.69. The number of nitrogens with zero attached hydrogens (tertiary/aromatic N) is 4. The maximum absolute atomic E-state index is 6.16. The van der Waals surface area contributed by atoms with Crippen LogP contribution in [0, 0.1) is 6.92 Å². The van der Waals surface area contributed by atoms with E-state index >= 15 is 0 Å². The highest BCUT2D eigenvalue weighted by molar-refractivity contribution is 9.10. The van der Waals surface area contributed by atoms with E-state index in [4.69, 9.17) is 5.73 Å². The van der Waals surface area contributed by atoms with E-state index in [0.717, 1.165) is 28.8 Å². The fourth-order valence-corrected chi connectivity index (χ4v) is 2.57. The molecule has 0 aliphatic carbocycles. The number of azo groups is 1. The number of nitrogens with two attached hydrogens (primary N) is 1. The number of aromatic nitrogens is 2. The lowest BCUT2D eigenvalue weighted by atomic mass is 10.2. The van der Waals surface area contributed by atoms with Gasteiger partial charge < -0.3 is 5.73 Å². The van der Waals surface area contributed by atoms with Gasteiger partial charge in [-0.3, -0.25) is 0 Å². The van der Waals surface area contributed by atoms with Gasteiger partial charge in [0.2, 0.25) is 0 Å². The van der Waals surface area contributed by atoms with Crippen LogP contribution in [0.1, 0.15) is 38.3 Å². The van der Waals surface area contributed by atoms with Crippen molar-refractivity contribution in [2.24, 2.45) is 10.2 Å². The number of halogens is 1. The van der Waals surface area contributed by atoms with Crippen molar-refractivity contribution in [1.29, 1.82) is 0 Å². The molecule has 0 bridgehead atoms. The van der Waals surface area contributed by atoms with Crippen LogP contribution >= 0.6 is 15.9 Å². The number of nitrogen functional groups attached to an aromatic ring is 1. The topological polar surface area (TPSA) is 68.6 Å². The second kappa shape index (κ2) is 8.08. The van der Waals surface area contributed by atoms with Crippen LogP contribution in [0.5, 0.6) is 0 Å². The summed E-state index contributed by atoms with van der Waals surface area (Å²) in [6.07, 6.45) is 4.75. The molecule has 0 radical (unpaired) electrons. The molecule has 0 aliphatic rings. The number of rotatable bonds is 7. The van der Waals surface area contributed by atoms with Gasteiger partial charge in [-0.25, -0.2) is 4.68 Å². The monoisotopic (exact) mass is 363 g/mol. The molecule has 0 saturated heterocycles. The van der Waals surface area contributed by atoms with Crippen molar-refractivity contribution in [3.05, 3.63) is 34.4 Å². The number of hydrogen-bond donors (Lipinski definition) is 1. The van der Waals surface area contributed by atoms with Crippen molar-refractivity contribution in [1.82, 2.24) is 9.78 Å². The molecule has 2 N–H and O–H groups in total. The quantitative estimate of drug-likeness (QED) is 0.518. The Labute approximate surface area is 139 Å². The van der Waals surface area contributed by atoms with E-state index in [-0.39, 0.29) is 0 Å². The summed E-state index contributed by atoms with van der Waals surface area (Å²) in [4.78, 5) is 0. The van der Waals surface area contributed by atoms with Crippen molar-refractivity contribution in [2.45, 2.75) is 46.1 Å². The van der Waals surface area contributed by atoms with Gasteiger partial charge in [0.05, 0.1) is 11.4 Å². The molecule has 2 aromatic rings. The first-order chi connectivity index (χ1) is 10.6. The van der Waals surface area contributed by atoms with Crippen LogP contribution < -0.4 is 5.73 Å². The smallest absolute Gasteiger partial charge is 0.150 e. The number of anilines is 1. The molecule has 1 heterocycles. The van der Waals surface area contributed by atoms with Crippen LogP contribution in [-0.2, 0) is 6.54 Å². The van der Waals surface area contributed by atoms with Crippen LogP contribution in [0.4, 0.5) is 17.2 Å². The summed E-state index contributed by atoms with van der Waals surface area (Å²) < 4.78 is 2.74. The maximum Gasteiger partial charge on any atom is 0.150 e. The Hall–Kier alpha value is -1.69. The van der Waals surface area contributed by atoms with Gasteiger partial charge in [0.25, 0.3) is 0 Å². The summed E-state index contributed by atoms with van der Waals surface area (Å²) in [5, 5.41) is 13.0. The Kier molecular flexibility index (Phi) is 6.12. The van der Waals surface area contributed by atoms with Crippen LogP contribution in [0.2, 0.25) is 0 Å². The van der Waals surface area contributed by atoms with Crippen molar-refractivity contribution in [3.63, 3.8) is 0 Å². The molecule has 0 atom stereocenters.